The number of likely N-dealkylation sites (tertiary alicyclic amines) is 1. The fraction of sp³-hybridized carbons (Fsp3) is 0.692. The number of aromatic amines is 1. The SMILES string of the molecule is CCC1C[C@]1(NC(=O)[C@@H]1C[C@@H](C2(OC)Cc3cc[nH]c(=O)c3C=C2/C=C/CC(C)(C)CO)CN1C(=O)[C@@H](NN)C1CCCCC1)C(=O)NS(=O)(=O)C1CC1. The second-order valence-corrected chi connectivity index (χ2v) is 18.9. The van der Waals surface area contributed by atoms with Crippen LogP contribution in [0.25, 0.3) is 6.08 Å². The van der Waals surface area contributed by atoms with E-state index >= 15 is 0 Å². The molecule has 4 fully saturated rings. The largest absolute Gasteiger partial charge is 0.396 e. The quantitative estimate of drug-likeness (QED) is 0.113. The van der Waals surface area contributed by atoms with Crippen LogP contribution in [0.3, 0.4) is 0 Å². The molecule has 5 aliphatic rings. The molecule has 3 amide bonds. The van der Waals surface area contributed by atoms with Crippen molar-refractivity contribution in [3.63, 3.8) is 0 Å². The van der Waals surface area contributed by atoms with Crippen LogP contribution in [-0.4, -0.2) is 89.9 Å². The van der Waals surface area contributed by atoms with Crippen LogP contribution in [0.15, 0.2) is 34.8 Å². The Labute approximate surface area is 318 Å². The number of hydrogen-bond donors (Lipinski definition) is 6. The zero-order valence-electron chi connectivity index (χ0n) is 32.0. The maximum atomic E-state index is 14.7. The number of aliphatic hydroxyl groups excluding tert-OH is 1. The van der Waals surface area contributed by atoms with Crippen molar-refractivity contribution in [3.8, 4) is 0 Å². The fourth-order valence-electron chi connectivity index (χ4n) is 9.02. The average Bonchev–Trinajstić information content (AvgIpc) is 4.08. The number of aliphatic hydroxyl groups is 1. The molecule has 2 unspecified atom stereocenters. The van der Waals surface area contributed by atoms with E-state index in [4.69, 9.17) is 10.6 Å². The van der Waals surface area contributed by atoms with E-state index in [1.54, 1.807) is 18.2 Å². The van der Waals surface area contributed by atoms with Gasteiger partial charge in [0.1, 0.15) is 23.2 Å². The molecule has 0 radical (unpaired) electrons. The maximum Gasteiger partial charge on any atom is 0.259 e. The summed E-state index contributed by atoms with van der Waals surface area (Å²) in [5.41, 5.74) is 1.63. The number of allylic oxidation sites excluding steroid dienone is 1. The first-order valence-corrected chi connectivity index (χ1v) is 21.1. The molecular weight excluding hydrogens is 713 g/mol. The van der Waals surface area contributed by atoms with Crippen molar-refractivity contribution in [2.24, 2.45) is 29.0 Å². The van der Waals surface area contributed by atoms with Gasteiger partial charge in [-0.15, -0.1) is 0 Å². The van der Waals surface area contributed by atoms with Crippen molar-refractivity contribution in [2.75, 3.05) is 20.3 Å². The number of methoxy groups -OCH3 is 1. The van der Waals surface area contributed by atoms with Gasteiger partial charge >= 0.3 is 0 Å². The minimum atomic E-state index is -3.86. The molecule has 7 N–H and O–H groups in total. The number of hydrogen-bond acceptors (Lipinski definition) is 10. The van der Waals surface area contributed by atoms with Crippen LogP contribution in [0.5, 0.6) is 0 Å². The molecule has 1 aromatic heterocycles. The predicted molar refractivity (Wildman–Crippen MR) is 204 cm³/mol. The highest BCUT2D eigenvalue weighted by Crippen LogP contribution is 2.49. The van der Waals surface area contributed by atoms with Gasteiger partial charge in [-0.3, -0.25) is 29.7 Å². The van der Waals surface area contributed by atoms with Gasteiger partial charge in [0, 0.05) is 44.4 Å². The Hall–Kier alpha value is -3.37. The molecular formula is C39H58N6O8S. The third-order valence-electron chi connectivity index (χ3n) is 12.8. The molecule has 1 aromatic rings. The number of carbonyl (C=O) groups excluding carboxylic acids is 3. The summed E-state index contributed by atoms with van der Waals surface area (Å²) >= 11 is 0. The second-order valence-electron chi connectivity index (χ2n) is 17.0. The summed E-state index contributed by atoms with van der Waals surface area (Å²) in [5, 5.41) is 12.3. The van der Waals surface area contributed by atoms with E-state index in [1.807, 2.05) is 45.1 Å². The second kappa shape index (κ2) is 15.6. The van der Waals surface area contributed by atoms with Gasteiger partial charge in [0.05, 0.1) is 5.25 Å². The number of pyridine rings is 1. The van der Waals surface area contributed by atoms with Gasteiger partial charge in [0.15, 0.2) is 0 Å². The first-order valence-electron chi connectivity index (χ1n) is 19.5. The number of nitrogens with two attached hydrogens (primary N) is 1. The molecule has 54 heavy (non-hydrogen) atoms. The van der Waals surface area contributed by atoms with E-state index in [9.17, 15) is 32.7 Å². The summed E-state index contributed by atoms with van der Waals surface area (Å²) < 4.78 is 34.4. The Morgan fingerprint density at radius 2 is 1.91 bits per heavy atom. The third kappa shape index (κ3) is 7.84. The molecule has 3 saturated carbocycles. The number of nitrogens with zero attached hydrogens (tertiary/aromatic N) is 1. The minimum Gasteiger partial charge on any atom is -0.396 e. The zero-order valence-corrected chi connectivity index (χ0v) is 32.8. The summed E-state index contributed by atoms with van der Waals surface area (Å²) in [4.78, 5) is 60.3. The topological polar surface area (TPSA) is 213 Å². The van der Waals surface area contributed by atoms with E-state index in [2.05, 4.69) is 20.4 Å². The molecule has 1 aliphatic heterocycles. The number of carbonyl (C=O) groups is 3. The number of fused-ring (bicyclic) bond motifs is 1. The Kier molecular flexibility index (Phi) is 11.7. The molecule has 0 spiro atoms. The summed E-state index contributed by atoms with van der Waals surface area (Å²) in [6.07, 6.45) is 14.8. The lowest BCUT2D eigenvalue weighted by atomic mass is 9.71. The van der Waals surface area contributed by atoms with Crippen LogP contribution in [-0.2, 0) is 35.6 Å². The first kappa shape index (κ1) is 40.3. The van der Waals surface area contributed by atoms with E-state index in [-0.39, 0.29) is 54.7 Å². The maximum absolute atomic E-state index is 14.7. The Bertz CT molecular complexity index is 1830. The first-order chi connectivity index (χ1) is 25.6. The lowest BCUT2D eigenvalue weighted by molar-refractivity contribution is -0.142. The van der Waals surface area contributed by atoms with Crippen LogP contribution >= 0.6 is 0 Å². The van der Waals surface area contributed by atoms with Gasteiger partial charge in [-0.25, -0.2) is 13.8 Å². The van der Waals surface area contributed by atoms with Crippen LogP contribution in [0.2, 0.25) is 0 Å². The van der Waals surface area contributed by atoms with Gasteiger partial charge in [-0.05, 0) is 85.5 Å². The lowest BCUT2D eigenvalue weighted by Crippen LogP contribution is -2.59. The van der Waals surface area contributed by atoms with Crippen molar-refractivity contribution < 1.29 is 32.6 Å². The van der Waals surface area contributed by atoms with Crippen LogP contribution in [0, 0.1) is 23.2 Å². The van der Waals surface area contributed by atoms with E-state index in [1.165, 1.54) is 0 Å². The number of aromatic nitrogens is 1. The molecule has 1 saturated heterocycles. The molecule has 15 heteroatoms. The average molecular weight is 771 g/mol. The summed E-state index contributed by atoms with van der Waals surface area (Å²) in [6, 6.07) is 0.0895. The summed E-state index contributed by atoms with van der Waals surface area (Å²) in [5.74, 6) is 3.77. The molecule has 2 heterocycles. The van der Waals surface area contributed by atoms with Crippen LogP contribution in [0.4, 0.5) is 0 Å². The van der Waals surface area contributed by atoms with Crippen molar-refractivity contribution in [2.45, 2.75) is 126 Å². The van der Waals surface area contributed by atoms with E-state index in [0.29, 0.717) is 43.2 Å². The smallest absolute Gasteiger partial charge is 0.259 e. The molecule has 6 atom stereocenters. The lowest BCUT2D eigenvalue weighted by Gasteiger charge is -2.42. The van der Waals surface area contributed by atoms with E-state index in [0.717, 1.165) is 37.7 Å². The predicted octanol–water partition coefficient (Wildman–Crippen LogP) is 2.19. The highest BCUT2D eigenvalue weighted by Gasteiger charge is 2.63. The third-order valence-corrected chi connectivity index (χ3v) is 14.6. The van der Waals surface area contributed by atoms with Gasteiger partial charge in [-0.1, -0.05) is 58.6 Å². The van der Waals surface area contributed by atoms with Gasteiger partial charge < -0.3 is 25.0 Å². The summed E-state index contributed by atoms with van der Waals surface area (Å²) in [6.45, 7) is 5.90. The molecule has 298 valence electrons. The number of sulfonamides is 1. The molecule has 0 bridgehead atoms. The standard InChI is InChI=1S/C39H58N6O8S/c1-5-26-21-38(26,36(50)44-54(51,52)29-13-14-29)42-34(48)31-19-28(22-45(31)35(49)32(43-40)24-10-7-6-8-11-24)39(53-4)20-25-15-17-41-33(47)30(25)18-27(39)12-9-16-37(2,3)23-46/h9,12,15,17-18,24,26,28-29,31-32,43,46H,5-8,10-11,13-14,16,19-23,40H2,1-4H3,(H,41,47)(H,42,48)(H,44,50)/b12-9+/t26?,28-,31+,32+,38-,39?/m1/s1. The Morgan fingerprint density at radius 3 is 2.52 bits per heavy atom. The van der Waals surface area contributed by atoms with E-state index < -0.39 is 56.2 Å². The molecule has 14 nitrogen and oxygen atoms in total. The highest BCUT2D eigenvalue weighted by atomic mass is 32.2. The Morgan fingerprint density at radius 1 is 1.19 bits per heavy atom. The number of amides is 3. The number of rotatable bonds is 15. The van der Waals surface area contributed by atoms with Crippen molar-refractivity contribution in [1.82, 2.24) is 25.3 Å². The summed E-state index contributed by atoms with van der Waals surface area (Å²) in [7, 11) is -2.26. The van der Waals surface area contributed by atoms with Crippen LogP contribution in [0.1, 0.15) is 103 Å². The molecule has 4 aliphatic carbocycles. The Balaban J connectivity index is 1.36. The van der Waals surface area contributed by atoms with Gasteiger partial charge in [-0.2, -0.15) is 0 Å². The van der Waals surface area contributed by atoms with Crippen molar-refractivity contribution in [3.05, 3.63) is 51.5 Å². The zero-order chi connectivity index (χ0) is 39.1. The normalized spacial score (nSPS) is 29.4. The molecule has 6 rings (SSSR count). The van der Waals surface area contributed by atoms with Gasteiger partial charge in [0.25, 0.3) is 11.5 Å². The minimum absolute atomic E-state index is 0.0189. The molecule has 0 aromatic carbocycles. The van der Waals surface area contributed by atoms with Crippen molar-refractivity contribution in [1.29, 1.82) is 0 Å². The highest BCUT2D eigenvalue weighted by molar-refractivity contribution is 7.91. The van der Waals surface area contributed by atoms with Crippen molar-refractivity contribution >= 4 is 33.8 Å². The number of H-pyrrole nitrogens is 1. The van der Waals surface area contributed by atoms with Crippen LogP contribution < -0.4 is 26.9 Å². The monoisotopic (exact) mass is 770 g/mol. The number of hydrazine groups is 1. The fourth-order valence-corrected chi connectivity index (χ4v) is 10.4. The number of nitrogens with one attached hydrogen (secondary N) is 4. The number of ether oxygens (including phenoxy) is 1. The van der Waals surface area contributed by atoms with Gasteiger partial charge in [0.2, 0.25) is 21.8 Å².